The highest BCUT2D eigenvalue weighted by Gasteiger charge is 2.52. The van der Waals surface area contributed by atoms with Gasteiger partial charge in [0.2, 0.25) is 0 Å². The molecule has 8 nitrogen and oxygen atoms in total. The Morgan fingerprint density at radius 1 is 1.08 bits per heavy atom. The molecule has 204 valence electrons. The molecule has 1 aliphatic heterocycles. The molecule has 1 atom stereocenters. The summed E-state index contributed by atoms with van der Waals surface area (Å²) in [6, 6.07) is 14.8. The predicted octanol–water partition coefficient (Wildman–Crippen LogP) is 5.04. The molecule has 1 aliphatic carbocycles. The highest BCUT2D eigenvalue weighted by Crippen LogP contribution is 2.47. The zero-order valence-corrected chi connectivity index (χ0v) is 23.7. The van der Waals surface area contributed by atoms with Gasteiger partial charge in [-0.25, -0.2) is 9.59 Å². The zero-order valence-electron chi connectivity index (χ0n) is 22.1. The second-order valence-electron chi connectivity index (χ2n) is 11.6. The topological polar surface area (TPSA) is 110 Å². The lowest BCUT2D eigenvalue weighted by Gasteiger charge is -2.45. The smallest absolute Gasteiger partial charge is 0.334 e. The molecule has 2 aromatic carbocycles. The molecule has 1 saturated heterocycles. The van der Waals surface area contributed by atoms with Gasteiger partial charge in [0.25, 0.3) is 5.91 Å². The molecule has 3 amide bonds. The van der Waals surface area contributed by atoms with Gasteiger partial charge in [-0.15, -0.1) is 0 Å². The van der Waals surface area contributed by atoms with Crippen LogP contribution in [0.25, 0.3) is 0 Å². The van der Waals surface area contributed by atoms with Crippen molar-refractivity contribution < 1.29 is 24.6 Å². The standard InChI is InChI=1S/C29H36BrN3O5/c1-28(2,3)21-12-14-29(15-13-21)18-32(23-10-8-22(30)9-11-23)27(38)33(29)17-19-4-6-20(7-5-19)25(35)31-16-24(34)26(36)37/h4-11,21,24,34H,12-18H2,1-3H3,(H,31,35)(H,36,37). The Morgan fingerprint density at radius 2 is 1.68 bits per heavy atom. The van der Waals surface area contributed by atoms with E-state index in [1.54, 1.807) is 12.1 Å². The molecule has 2 aromatic rings. The lowest BCUT2D eigenvalue weighted by atomic mass is 9.67. The molecule has 1 heterocycles. The van der Waals surface area contributed by atoms with Crippen molar-refractivity contribution in [1.29, 1.82) is 0 Å². The quantitative estimate of drug-likeness (QED) is 0.421. The third-order valence-corrected chi connectivity index (χ3v) is 8.59. The van der Waals surface area contributed by atoms with E-state index in [9.17, 15) is 19.5 Å². The highest BCUT2D eigenvalue weighted by molar-refractivity contribution is 9.10. The number of nitrogens with zero attached hydrogens (tertiary/aromatic N) is 2. The normalized spacial score (nSPS) is 22.6. The third kappa shape index (κ3) is 6.04. The zero-order chi connectivity index (χ0) is 27.7. The maximum atomic E-state index is 13.8. The van der Waals surface area contributed by atoms with Crippen molar-refractivity contribution in [3.8, 4) is 0 Å². The van der Waals surface area contributed by atoms with Crippen molar-refractivity contribution >= 4 is 39.5 Å². The van der Waals surface area contributed by atoms with E-state index in [1.165, 1.54) is 0 Å². The molecule has 1 unspecified atom stereocenters. The number of aliphatic hydroxyl groups excluding tert-OH is 1. The molecular weight excluding hydrogens is 550 g/mol. The maximum Gasteiger partial charge on any atom is 0.334 e. The largest absolute Gasteiger partial charge is 0.479 e. The molecule has 38 heavy (non-hydrogen) atoms. The van der Waals surface area contributed by atoms with Gasteiger partial charge in [-0.3, -0.25) is 9.69 Å². The van der Waals surface area contributed by atoms with E-state index in [2.05, 4.69) is 42.0 Å². The molecule has 2 aliphatic rings. The van der Waals surface area contributed by atoms with Crippen molar-refractivity contribution in [2.24, 2.45) is 11.3 Å². The molecule has 0 radical (unpaired) electrons. The summed E-state index contributed by atoms with van der Waals surface area (Å²) in [6.07, 6.45) is 2.38. The van der Waals surface area contributed by atoms with E-state index in [4.69, 9.17) is 5.11 Å². The lowest BCUT2D eigenvalue weighted by molar-refractivity contribution is -0.146. The Labute approximate surface area is 232 Å². The number of hydrogen-bond donors (Lipinski definition) is 3. The molecule has 4 rings (SSSR count). The second-order valence-corrected chi connectivity index (χ2v) is 12.5. The van der Waals surface area contributed by atoms with Crippen molar-refractivity contribution in [2.45, 2.75) is 64.6 Å². The number of hydrogen-bond acceptors (Lipinski definition) is 4. The molecule has 3 N–H and O–H groups in total. The van der Waals surface area contributed by atoms with E-state index >= 15 is 0 Å². The van der Waals surface area contributed by atoms with Crippen LogP contribution in [0.2, 0.25) is 0 Å². The van der Waals surface area contributed by atoms with Crippen LogP contribution in [-0.4, -0.2) is 57.8 Å². The van der Waals surface area contributed by atoms with E-state index in [0.29, 0.717) is 24.6 Å². The first-order valence-electron chi connectivity index (χ1n) is 13.0. The van der Waals surface area contributed by atoms with Gasteiger partial charge in [-0.1, -0.05) is 48.8 Å². The van der Waals surface area contributed by atoms with Gasteiger partial charge < -0.3 is 20.4 Å². The van der Waals surface area contributed by atoms with E-state index in [0.717, 1.165) is 41.4 Å². The highest BCUT2D eigenvalue weighted by atomic mass is 79.9. The van der Waals surface area contributed by atoms with Crippen molar-refractivity contribution in [3.05, 3.63) is 64.1 Å². The fourth-order valence-electron chi connectivity index (χ4n) is 5.63. The van der Waals surface area contributed by atoms with Crippen molar-refractivity contribution in [2.75, 3.05) is 18.0 Å². The summed E-state index contributed by atoms with van der Waals surface area (Å²) in [7, 11) is 0. The van der Waals surface area contributed by atoms with Crippen molar-refractivity contribution in [3.63, 3.8) is 0 Å². The Kier molecular flexibility index (Phi) is 8.18. The van der Waals surface area contributed by atoms with E-state index in [-0.39, 0.29) is 23.5 Å². The summed E-state index contributed by atoms with van der Waals surface area (Å²) >= 11 is 3.48. The number of carboxylic acids is 1. The number of aliphatic carboxylic acids is 1. The number of carbonyl (C=O) groups is 3. The van der Waals surface area contributed by atoms with Crippen LogP contribution in [0.3, 0.4) is 0 Å². The number of nitrogens with one attached hydrogen (secondary N) is 1. The van der Waals surface area contributed by atoms with Crippen LogP contribution < -0.4 is 10.2 Å². The van der Waals surface area contributed by atoms with Crippen LogP contribution in [0.1, 0.15) is 62.4 Å². The van der Waals surface area contributed by atoms with Crippen LogP contribution >= 0.6 is 15.9 Å². The van der Waals surface area contributed by atoms with Gasteiger partial charge in [-0.05, 0) is 79.0 Å². The molecule has 9 heteroatoms. The number of rotatable bonds is 7. The molecular formula is C29H36BrN3O5. The Morgan fingerprint density at radius 3 is 2.24 bits per heavy atom. The Balaban J connectivity index is 1.53. The SMILES string of the molecule is CC(C)(C)C1CCC2(CC1)CN(c1ccc(Br)cc1)C(=O)N2Cc1ccc(C(=O)NCC(O)C(=O)O)cc1. The predicted molar refractivity (Wildman–Crippen MR) is 149 cm³/mol. The average molecular weight is 587 g/mol. The number of aliphatic hydroxyl groups is 1. The minimum atomic E-state index is -1.65. The fraction of sp³-hybridized carbons (Fsp3) is 0.483. The summed E-state index contributed by atoms with van der Waals surface area (Å²) in [6.45, 7) is 7.59. The van der Waals surface area contributed by atoms with Gasteiger partial charge in [0.05, 0.1) is 18.6 Å². The number of carbonyl (C=O) groups excluding carboxylic acids is 2. The molecule has 0 aromatic heterocycles. The summed E-state index contributed by atoms with van der Waals surface area (Å²) in [4.78, 5) is 40.9. The van der Waals surface area contributed by atoms with Gasteiger partial charge in [0, 0.05) is 22.3 Å². The van der Waals surface area contributed by atoms with Gasteiger partial charge in [0.15, 0.2) is 6.10 Å². The summed E-state index contributed by atoms with van der Waals surface area (Å²) in [5, 5.41) is 20.6. The van der Waals surface area contributed by atoms with Crippen LogP contribution in [0.15, 0.2) is 53.0 Å². The number of amides is 3. The molecule has 1 saturated carbocycles. The van der Waals surface area contributed by atoms with Crippen LogP contribution in [0.4, 0.5) is 10.5 Å². The second kappa shape index (κ2) is 11.1. The van der Waals surface area contributed by atoms with Crippen LogP contribution in [-0.2, 0) is 11.3 Å². The first kappa shape index (κ1) is 28.1. The summed E-state index contributed by atoms with van der Waals surface area (Å²) < 4.78 is 0.965. The molecule has 2 fully saturated rings. The third-order valence-electron chi connectivity index (χ3n) is 8.06. The maximum absolute atomic E-state index is 13.8. The Bertz CT molecular complexity index is 1170. The minimum absolute atomic E-state index is 0.00833. The first-order chi connectivity index (χ1) is 17.9. The van der Waals surface area contributed by atoms with Crippen LogP contribution in [0.5, 0.6) is 0 Å². The monoisotopic (exact) mass is 585 g/mol. The van der Waals surface area contributed by atoms with Crippen LogP contribution in [0, 0.1) is 11.3 Å². The first-order valence-corrected chi connectivity index (χ1v) is 13.8. The fourth-order valence-corrected chi connectivity index (χ4v) is 5.89. The van der Waals surface area contributed by atoms with Gasteiger partial charge in [-0.2, -0.15) is 0 Å². The number of benzene rings is 2. The van der Waals surface area contributed by atoms with Crippen molar-refractivity contribution in [1.82, 2.24) is 10.2 Å². The number of anilines is 1. The minimum Gasteiger partial charge on any atom is -0.479 e. The average Bonchev–Trinajstić information content (AvgIpc) is 3.13. The summed E-state index contributed by atoms with van der Waals surface area (Å²) in [5.74, 6) is -1.24. The number of halogens is 1. The molecule has 0 bridgehead atoms. The van der Waals surface area contributed by atoms with Gasteiger partial charge in [0.1, 0.15) is 0 Å². The summed E-state index contributed by atoms with van der Waals surface area (Å²) in [5.41, 5.74) is 2.13. The number of urea groups is 1. The van der Waals surface area contributed by atoms with E-state index < -0.39 is 18.0 Å². The number of carboxylic acid groups (broad SMARTS) is 1. The van der Waals surface area contributed by atoms with E-state index in [1.807, 2.05) is 46.2 Å². The van der Waals surface area contributed by atoms with Gasteiger partial charge >= 0.3 is 12.0 Å². The molecule has 1 spiro atoms. The lowest BCUT2D eigenvalue weighted by Crippen LogP contribution is -2.50. The Hall–Kier alpha value is -2.91.